The minimum Gasteiger partial charge on any atom is -0.465 e. The Hall–Kier alpha value is -3.15. The number of carbonyl (C=O) groups is 3. The van der Waals surface area contributed by atoms with Crippen molar-refractivity contribution in [3.05, 3.63) is 65.2 Å². The summed E-state index contributed by atoms with van der Waals surface area (Å²) in [4.78, 5) is 35.7. The van der Waals surface area contributed by atoms with Crippen LogP contribution in [-0.2, 0) is 9.47 Å². The number of hydrogen-bond donors (Lipinski definition) is 1. The van der Waals surface area contributed by atoms with Gasteiger partial charge in [0.05, 0.1) is 24.8 Å². The molecule has 0 saturated heterocycles. The Kier molecular flexibility index (Phi) is 6.91. The third-order valence-corrected chi connectivity index (χ3v) is 3.66. The minimum absolute atomic E-state index is 0.297. The second-order valence-electron chi connectivity index (χ2n) is 5.59. The van der Waals surface area contributed by atoms with E-state index in [0.29, 0.717) is 29.0 Å². The summed E-state index contributed by atoms with van der Waals surface area (Å²) in [6.45, 7) is 2.41. The molecule has 0 radical (unpaired) electrons. The first-order valence-corrected chi connectivity index (χ1v) is 8.32. The topological polar surface area (TPSA) is 81.7 Å². The highest BCUT2D eigenvalue weighted by Crippen LogP contribution is 2.14. The number of esters is 2. The molecule has 6 nitrogen and oxygen atoms in total. The summed E-state index contributed by atoms with van der Waals surface area (Å²) in [7, 11) is 1.28. The number of benzene rings is 2. The highest BCUT2D eigenvalue weighted by molar-refractivity contribution is 6.05. The Bertz CT molecular complexity index is 783. The van der Waals surface area contributed by atoms with E-state index in [9.17, 15) is 14.4 Å². The predicted octanol–water partition coefficient (Wildman–Crippen LogP) is 3.68. The van der Waals surface area contributed by atoms with Crippen LogP contribution in [0.2, 0.25) is 0 Å². The zero-order valence-corrected chi connectivity index (χ0v) is 14.8. The molecule has 0 aliphatic heterocycles. The van der Waals surface area contributed by atoms with Crippen LogP contribution in [-0.4, -0.2) is 31.6 Å². The molecule has 0 spiro atoms. The minimum atomic E-state index is -0.509. The Morgan fingerprint density at radius 3 is 2.27 bits per heavy atom. The van der Waals surface area contributed by atoms with Gasteiger partial charge in [0.25, 0.3) is 5.91 Å². The summed E-state index contributed by atoms with van der Waals surface area (Å²) in [5.74, 6) is -1.26. The number of amides is 1. The monoisotopic (exact) mass is 355 g/mol. The second kappa shape index (κ2) is 9.36. The quantitative estimate of drug-likeness (QED) is 0.605. The molecule has 2 aromatic carbocycles. The van der Waals surface area contributed by atoms with E-state index in [1.807, 2.05) is 6.92 Å². The van der Waals surface area contributed by atoms with Gasteiger partial charge in [0.1, 0.15) is 0 Å². The van der Waals surface area contributed by atoms with E-state index < -0.39 is 5.97 Å². The Morgan fingerprint density at radius 2 is 1.62 bits per heavy atom. The van der Waals surface area contributed by atoms with Crippen molar-refractivity contribution < 1.29 is 23.9 Å². The van der Waals surface area contributed by atoms with E-state index in [1.54, 1.807) is 42.5 Å². The predicted molar refractivity (Wildman–Crippen MR) is 97.4 cm³/mol. The van der Waals surface area contributed by atoms with Gasteiger partial charge in [-0.1, -0.05) is 19.4 Å². The van der Waals surface area contributed by atoms with E-state index in [0.717, 1.165) is 12.8 Å². The van der Waals surface area contributed by atoms with Crippen molar-refractivity contribution >= 4 is 23.5 Å². The molecule has 0 aliphatic carbocycles. The van der Waals surface area contributed by atoms with Gasteiger partial charge in [-0.05, 0) is 48.9 Å². The van der Waals surface area contributed by atoms with Gasteiger partial charge in [-0.3, -0.25) is 4.79 Å². The molecule has 6 heteroatoms. The average Bonchev–Trinajstić information content (AvgIpc) is 2.68. The van der Waals surface area contributed by atoms with Gasteiger partial charge in [-0.2, -0.15) is 0 Å². The number of anilines is 1. The molecular formula is C20H21NO5. The van der Waals surface area contributed by atoms with E-state index in [2.05, 4.69) is 10.1 Å². The third-order valence-electron chi connectivity index (χ3n) is 3.66. The molecule has 0 fully saturated rings. The van der Waals surface area contributed by atoms with Crippen molar-refractivity contribution in [3.8, 4) is 0 Å². The lowest BCUT2D eigenvalue weighted by molar-refractivity contribution is 0.0499. The van der Waals surface area contributed by atoms with Crippen molar-refractivity contribution in [2.24, 2.45) is 0 Å². The van der Waals surface area contributed by atoms with E-state index in [4.69, 9.17) is 4.74 Å². The maximum Gasteiger partial charge on any atom is 0.338 e. The number of ether oxygens (including phenoxy) is 2. The number of carbonyl (C=O) groups excluding carboxylic acids is 3. The van der Waals surface area contributed by atoms with Gasteiger partial charge in [-0.25, -0.2) is 9.59 Å². The zero-order chi connectivity index (χ0) is 18.9. The molecule has 0 atom stereocenters. The normalized spacial score (nSPS) is 10.1. The summed E-state index contributed by atoms with van der Waals surface area (Å²) in [6, 6.07) is 12.7. The van der Waals surface area contributed by atoms with Crippen LogP contribution in [0, 0.1) is 0 Å². The van der Waals surface area contributed by atoms with Gasteiger partial charge >= 0.3 is 11.9 Å². The van der Waals surface area contributed by atoms with Gasteiger partial charge in [0, 0.05) is 11.3 Å². The first-order valence-electron chi connectivity index (χ1n) is 8.32. The number of rotatable bonds is 7. The first kappa shape index (κ1) is 19.2. The van der Waals surface area contributed by atoms with Crippen molar-refractivity contribution in [1.82, 2.24) is 0 Å². The van der Waals surface area contributed by atoms with Crippen molar-refractivity contribution in [2.75, 3.05) is 19.0 Å². The second-order valence-corrected chi connectivity index (χ2v) is 5.59. The molecule has 1 amide bonds. The fourth-order valence-corrected chi connectivity index (χ4v) is 2.19. The summed E-state index contributed by atoms with van der Waals surface area (Å²) >= 11 is 0. The van der Waals surface area contributed by atoms with Gasteiger partial charge in [0.15, 0.2) is 0 Å². The molecule has 2 aromatic rings. The molecule has 136 valence electrons. The van der Waals surface area contributed by atoms with E-state index >= 15 is 0 Å². The highest BCUT2D eigenvalue weighted by Gasteiger charge is 2.12. The van der Waals surface area contributed by atoms with Crippen LogP contribution in [0.4, 0.5) is 5.69 Å². The molecule has 0 unspecified atom stereocenters. The lowest BCUT2D eigenvalue weighted by Crippen LogP contribution is -2.13. The Labute approximate surface area is 152 Å². The SMILES string of the molecule is CCCCOC(=O)c1ccc(NC(=O)c2cccc(C(=O)OC)c2)cc1. The molecule has 0 heterocycles. The number of methoxy groups -OCH3 is 1. The zero-order valence-electron chi connectivity index (χ0n) is 14.8. The van der Waals surface area contributed by atoms with E-state index in [-0.39, 0.29) is 11.9 Å². The lowest BCUT2D eigenvalue weighted by Gasteiger charge is -2.08. The number of unbranched alkanes of at least 4 members (excludes halogenated alkanes) is 1. The van der Waals surface area contributed by atoms with Crippen molar-refractivity contribution in [3.63, 3.8) is 0 Å². The van der Waals surface area contributed by atoms with Crippen LogP contribution in [0.25, 0.3) is 0 Å². The maximum atomic E-state index is 12.3. The Morgan fingerprint density at radius 1 is 0.923 bits per heavy atom. The van der Waals surface area contributed by atoms with Crippen LogP contribution >= 0.6 is 0 Å². The van der Waals surface area contributed by atoms with Gasteiger partial charge in [0.2, 0.25) is 0 Å². The highest BCUT2D eigenvalue weighted by atomic mass is 16.5. The molecule has 0 saturated carbocycles. The molecule has 2 rings (SSSR count). The Balaban J connectivity index is 2.01. The third kappa shape index (κ3) is 5.17. The number of nitrogens with one attached hydrogen (secondary N) is 1. The maximum absolute atomic E-state index is 12.3. The molecule has 0 bridgehead atoms. The largest absolute Gasteiger partial charge is 0.465 e. The molecule has 26 heavy (non-hydrogen) atoms. The number of hydrogen-bond acceptors (Lipinski definition) is 5. The summed E-state index contributed by atoms with van der Waals surface area (Å²) in [6.07, 6.45) is 1.78. The average molecular weight is 355 g/mol. The molecule has 1 N–H and O–H groups in total. The molecular weight excluding hydrogens is 334 g/mol. The fourth-order valence-electron chi connectivity index (χ4n) is 2.19. The summed E-state index contributed by atoms with van der Waals surface area (Å²) < 4.78 is 9.78. The van der Waals surface area contributed by atoms with Crippen LogP contribution in [0.1, 0.15) is 50.8 Å². The lowest BCUT2D eigenvalue weighted by atomic mass is 10.1. The molecule has 0 aromatic heterocycles. The van der Waals surface area contributed by atoms with Crippen LogP contribution in [0.3, 0.4) is 0 Å². The standard InChI is InChI=1S/C20H21NO5/c1-3-4-12-26-20(24)14-8-10-17(11-9-14)21-18(22)15-6-5-7-16(13-15)19(23)25-2/h5-11,13H,3-4,12H2,1-2H3,(H,21,22). The fraction of sp³-hybridized carbons (Fsp3) is 0.250. The van der Waals surface area contributed by atoms with Crippen LogP contribution in [0.5, 0.6) is 0 Å². The van der Waals surface area contributed by atoms with Crippen molar-refractivity contribution in [1.29, 1.82) is 0 Å². The van der Waals surface area contributed by atoms with Crippen LogP contribution < -0.4 is 5.32 Å². The smallest absolute Gasteiger partial charge is 0.338 e. The van der Waals surface area contributed by atoms with Gasteiger partial charge in [-0.15, -0.1) is 0 Å². The van der Waals surface area contributed by atoms with Gasteiger partial charge < -0.3 is 14.8 Å². The molecule has 0 aliphatic rings. The first-order chi connectivity index (χ1) is 12.5. The summed E-state index contributed by atoms with van der Waals surface area (Å²) in [5, 5.41) is 2.72. The van der Waals surface area contributed by atoms with E-state index in [1.165, 1.54) is 13.2 Å². The summed E-state index contributed by atoms with van der Waals surface area (Å²) in [5.41, 5.74) is 1.58. The van der Waals surface area contributed by atoms with Crippen LogP contribution in [0.15, 0.2) is 48.5 Å². The van der Waals surface area contributed by atoms with Crippen molar-refractivity contribution in [2.45, 2.75) is 19.8 Å².